The summed E-state index contributed by atoms with van der Waals surface area (Å²) in [6.45, 7) is 7.16. The van der Waals surface area contributed by atoms with Gasteiger partial charge in [-0.1, -0.05) is 0 Å². The van der Waals surface area contributed by atoms with Gasteiger partial charge in [0.05, 0.1) is 12.7 Å². The summed E-state index contributed by atoms with van der Waals surface area (Å²) in [5.74, 6) is -0.516. The van der Waals surface area contributed by atoms with Crippen molar-refractivity contribution in [1.29, 1.82) is 0 Å². The fraction of sp³-hybridized carbons (Fsp3) is 0.846. The largest absolute Gasteiger partial charge is 0.464 e. The minimum atomic E-state index is -1.17. The molecule has 19 heavy (non-hydrogen) atoms. The molecule has 1 saturated carbocycles. The van der Waals surface area contributed by atoms with Crippen molar-refractivity contribution in [2.24, 2.45) is 0 Å². The third kappa shape index (κ3) is 4.38. The highest BCUT2D eigenvalue weighted by Gasteiger charge is 2.48. The number of hydrogen-bond donors (Lipinski definition) is 2. The molecule has 0 radical (unpaired) electrons. The molecule has 0 aromatic carbocycles. The Labute approximate surface area is 113 Å². The molecule has 0 aliphatic heterocycles. The Morgan fingerprint density at radius 2 is 2.05 bits per heavy atom. The Kier molecular flexibility index (Phi) is 4.79. The van der Waals surface area contributed by atoms with Gasteiger partial charge in [0.25, 0.3) is 0 Å². The van der Waals surface area contributed by atoms with Crippen molar-refractivity contribution in [3.63, 3.8) is 0 Å². The van der Waals surface area contributed by atoms with Gasteiger partial charge < -0.3 is 19.9 Å². The normalized spacial score (nSPS) is 26.9. The van der Waals surface area contributed by atoms with Crippen LogP contribution in [-0.2, 0) is 14.3 Å². The number of rotatable bonds is 3. The molecule has 1 aliphatic carbocycles. The molecule has 0 saturated heterocycles. The second kappa shape index (κ2) is 5.77. The standard InChI is InChI=1S/C13H23NO5/c1-5-18-10(16)13(7-6-9(15)8-13)14-11(17)19-12(2,3)4/h9,15H,5-8H2,1-4H3,(H,14,17)/t9-,13-/m0/s1. The summed E-state index contributed by atoms with van der Waals surface area (Å²) >= 11 is 0. The van der Waals surface area contributed by atoms with Crippen LogP contribution >= 0.6 is 0 Å². The highest BCUT2D eigenvalue weighted by atomic mass is 16.6. The predicted molar refractivity (Wildman–Crippen MR) is 68.6 cm³/mol. The average molecular weight is 273 g/mol. The number of carbonyl (C=O) groups excluding carboxylic acids is 2. The summed E-state index contributed by atoms with van der Waals surface area (Å²) in [5, 5.41) is 12.2. The van der Waals surface area contributed by atoms with Gasteiger partial charge in [-0.2, -0.15) is 0 Å². The van der Waals surface area contributed by atoms with E-state index in [1.807, 2.05) is 0 Å². The number of nitrogens with one attached hydrogen (secondary N) is 1. The smallest absolute Gasteiger partial charge is 0.408 e. The second-order valence-electron chi connectivity index (χ2n) is 5.83. The molecule has 0 bridgehead atoms. The molecular formula is C13H23NO5. The Morgan fingerprint density at radius 1 is 1.42 bits per heavy atom. The Balaban J connectivity index is 2.76. The number of aliphatic hydroxyl groups is 1. The van der Waals surface area contributed by atoms with Gasteiger partial charge in [-0.3, -0.25) is 0 Å². The number of esters is 1. The summed E-state index contributed by atoms with van der Waals surface area (Å²) in [7, 11) is 0. The maximum Gasteiger partial charge on any atom is 0.408 e. The lowest BCUT2D eigenvalue weighted by atomic mass is 9.98. The SMILES string of the molecule is CCOC(=O)[C@]1(NC(=O)OC(C)(C)C)CC[C@H](O)C1. The summed E-state index contributed by atoms with van der Waals surface area (Å²) in [6.07, 6.45) is -0.319. The van der Waals surface area contributed by atoms with Crippen LogP contribution in [-0.4, -0.2) is 41.0 Å². The summed E-state index contributed by atoms with van der Waals surface area (Å²) in [5.41, 5.74) is -1.81. The highest BCUT2D eigenvalue weighted by Crippen LogP contribution is 2.31. The van der Waals surface area contributed by atoms with E-state index in [-0.39, 0.29) is 13.0 Å². The fourth-order valence-corrected chi connectivity index (χ4v) is 2.14. The monoisotopic (exact) mass is 273 g/mol. The minimum absolute atomic E-state index is 0.158. The summed E-state index contributed by atoms with van der Waals surface area (Å²) < 4.78 is 10.1. The number of carbonyl (C=O) groups is 2. The molecule has 0 unspecified atom stereocenters. The maximum absolute atomic E-state index is 12.0. The fourth-order valence-electron chi connectivity index (χ4n) is 2.14. The van der Waals surface area contributed by atoms with Gasteiger partial charge in [-0.05, 0) is 40.5 Å². The number of ether oxygens (including phenoxy) is 2. The maximum atomic E-state index is 12.0. The van der Waals surface area contributed by atoms with Crippen molar-refractivity contribution in [3.05, 3.63) is 0 Å². The van der Waals surface area contributed by atoms with Crippen LogP contribution in [0.25, 0.3) is 0 Å². The molecule has 0 aromatic heterocycles. The molecule has 1 fully saturated rings. The van der Waals surface area contributed by atoms with E-state index in [1.165, 1.54) is 0 Å². The van der Waals surface area contributed by atoms with Crippen LogP contribution in [0.4, 0.5) is 4.79 Å². The zero-order chi connectivity index (χ0) is 14.7. The van der Waals surface area contributed by atoms with E-state index in [4.69, 9.17) is 9.47 Å². The quantitative estimate of drug-likeness (QED) is 0.758. The zero-order valence-electron chi connectivity index (χ0n) is 12.0. The lowest BCUT2D eigenvalue weighted by Gasteiger charge is -2.29. The van der Waals surface area contributed by atoms with Gasteiger partial charge in [-0.15, -0.1) is 0 Å². The van der Waals surface area contributed by atoms with E-state index in [1.54, 1.807) is 27.7 Å². The first-order valence-corrected chi connectivity index (χ1v) is 6.55. The lowest BCUT2D eigenvalue weighted by Crippen LogP contribution is -2.55. The number of aliphatic hydroxyl groups excluding tert-OH is 1. The van der Waals surface area contributed by atoms with Crippen molar-refractivity contribution in [2.75, 3.05) is 6.61 Å². The molecule has 2 atom stereocenters. The Hall–Kier alpha value is -1.30. The van der Waals surface area contributed by atoms with Crippen molar-refractivity contribution < 1.29 is 24.2 Å². The van der Waals surface area contributed by atoms with E-state index >= 15 is 0 Å². The van der Waals surface area contributed by atoms with Gasteiger partial charge in [0, 0.05) is 6.42 Å². The molecule has 0 heterocycles. The van der Waals surface area contributed by atoms with Gasteiger partial charge in [-0.25, -0.2) is 9.59 Å². The third-order valence-electron chi connectivity index (χ3n) is 2.89. The molecular weight excluding hydrogens is 250 g/mol. The first-order valence-electron chi connectivity index (χ1n) is 6.55. The van der Waals surface area contributed by atoms with E-state index in [0.717, 1.165) is 0 Å². The molecule has 1 aliphatic rings. The minimum Gasteiger partial charge on any atom is -0.464 e. The van der Waals surface area contributed by atoms with Gasteiger partial charge >= 0.3 is 12.1 Å². The van der Waals surface area contributed by atoms with Crippen LogP contribution < -0.4 is 5.32 Å². The Bertz CT molecular complexity index is 349. The van der Waals surface area contributed by atoms with Crippen molar-refractivity contribution in [2.45, 2.75) is 64.2 Å². The van der Waals surface area contributed by atoms with Crippen LogP contribution in [0.2, 0.25) is 0 Å². The van der Waals surface area contributed by atoms with E-state index in [2.05, 4.69) is 5.32 Å². The highest BCUT2D eigenvalue weighted by molar-refractivity contribution is 5.86. The number of alkyl carbamates (subject to hydrolysis) is 1. The molecule has 0 aromatic rings. The predicted octanol–water partition coefficient (Wildman–Crippen LogP) is 1.36. The summed E-state index contributed by atoms with van der Waals surface area (Å²) in [4.78, 5) is 23.8. The molecule has 110 valence electrons. The molecule has 1 amide bonds. The van der Waals surface area contributed by atoms with Crippen LogP contribution in [0.3, 0.4) is 0 Å². The van der Waals surface area contributed by atoms with Crippen molar-refractivity contribution in [3.8, 4) is 0 Å². The van der Waals surface area contributed by atoms with Crippen LogP contribution in [0.1, 0.15) is 47.0 Å². The number of amides is 1. The van der Waals surface area contributed by atoms with Gasteiger partial charge in [0.1, 0.15) is 11.1 Å². The van der Waals surface area contributed by atoms with Crippen LogP contribution in [0.5, 0.6) is 0 Å². The third-order valence-corrected chi connectivity index (χ3v) is 2.89. The average Bonchev–Trinajstić information content (AvgIpc) is 2.58. The lowest BCUT2D eigenvalue weighted by molar-refractivity contribution is -0.151. The zero-order valence-corrected chi connectivity index (χ0v) is 12.0. The van der Waals surface area contributed by atoms with Crippen molar-refractivity contribution in [1.82, 2.24) is 5.32 Å². The van der Waals surface area contributed by atoms with Gasteiger partial charge in [0.15, 0.2) is 0 Å². The Morgan fingerprint density at radius 3 is 2.47 bits per heavy atom. The van der Waals surface area contributed by atoms with Crippen molar-refractivity contribution >= 4 is 12.1 Å². The topological polar surface area (TPSA) is 84.9 Å². The summed E-state index contributed by atoms with van der Waals surface area (Å²) in [6, 6.07) is 0. The van der Waals surface area contributed by atoms with E-state index < -0.39 is 29.3 Å². The molecule has 0 spiro atoms. The molecule has 1 rings (SSSR count). The molecule has 6 heteroatoms. The first-order chi connectivity index (χ1) is 8.68. The van der Waals surface area contributed by atoms with Crippen LogP contribution in [0.15, 0.2) is 0 Å². The van der Waals surface area contributed by atoms with Gasteiger partial charge in [0.2, 0.25) is 0 Å². The van der Waals surface area contributed by atoms with E-state index in [9.17, 15) is 14.7 Å². The molecule has 6 nitrogen and oxygen atoms in total. The molecule has 2 N–H and O–H groups in total. The second-order valence-corrected chi connectivity index (χ2v) is 5.83. The number of hydrogen-bond acceptors (Lipinski definition) is 5. The van der Waals surface area contributed by atoms with E-state index in [0.29, 0.717) is 12.8 Å². The van der Waals surface area contributed by atoms with Crippen LogP contribution in [0, 0.1) is 0 Å². The first kappa shape index (κ1) is 15.8.